The summed E-state index contributed by atoms with van der Waals surface area (Å²) in [6.45, 7) is 9.36. The first kappa shape index (κ1) is 19.2. The molecule has 6 heteroatoms. The molecular weight excluding hydrogens is 304 g/mol. The summed E-state index contributed by atoms with van der Waals surface area (Å²) in [7, 11) is 0. The van der Waals surface area contributed by atoms with Gasteiger partial charge < -0.3 is 16.0 Å². The first-order valence-electron chi connectivity index (χ1n) is 9.43. The quantitative estimate of drug-likeness (QED) is 0.777. The van der Waals surface area contributed by atoms with Gasteiger partial charge in [-0.05, 0) is 38.5 Å². The lowest BCUT2D eigenvalue weighted by Crippen LogP contribution is -2.54. The zero-order valence-corrected chi connectivity index (χ0v) is 15.5. The van der Waals surface area contributed by atoms with Crippen LogP contribution in [0.15, 0.2) is 0 Å². The molecule has 0 spiro atoms. The van der Waals surface area contributed by atoms with Gasteiger partial charge in [0.2, 0.25) is 11.8 Å². The second kappa shape index (κ2) is 8.81. The topological polar surface area (TPSA) is 78.7 Å². The molecule has 138 valence electrons. The van der Waals surface area contributed by atoms with Gasteiger partial charge in [0.1, 0.15) is 0 Å². The second-order valence-corrected chi connectivity index (χ2v) is 7.77. The third kappa shape index (κ3) is 5.45. The van der Waals surface area contributed by atoms with E-state index < -0.39 is 0 Å². The third-order valence-corrected chi connectivity index (χ3v) is 5.61. The van der Waals surface area contributed by atoms with Gasteiger partial charge in [-0.1, -0.05) is 13.8 Å². The molecular formula is C18H34N4O2. The van der Waals surface area contributed by atoms with E-state index in [1.807, 2.05) is 18.7 Å². The van der Waals surface area contributed by atoms with Crippen molar-refractivity contribution >= 4 is 11.8 Å². The van der Waals surface area contributed by atoms with Crippen LogP contribution in [0.4, 0.5) is 0 Å². The Morgan fingerprint density at radius 2 is 1.67 bits per heavy atom. The fourth-order valence-corrected chi connectivity index (χ4v) is 3.52. The van der Waals surface area contributed by atoms with Gasteiger partial charge in [-0.15, -0.1) is 0 Å². The van der Waals surface area contributed by atoms with E-state index in [2.05, 4.69) is 17.1 Å². The molecule has 0 aromatic heterocycles. The molecule has 1 aliphatic carbocycles. The zero-order chi connectivity index (χ0) is 17.7. The second-order valence-electron chi connectivity index (χ2n) is 7.77. The number of hydrogen-bond donors (Lipinski definition) is 2. The zero-order valence-electron chi connectivity index (χ0n) is 15.5. The molecule has 0 bridgehead atoms. The molecule has 1 heterocycles. The van der Waals surface area contributed by atoms with Gasteiger partial charge in [0.05, 0.1) is 12.5 Å². The molecule has 1 saturated heterocycles. The molecule has 2 aliphatic rings. The number of carbonyl (C=O) groups excluding carboxylic acids is 2. The van der Waals surface area contributed by atoms with Crippen LogP contribution >= 0.6 is 0 Å². The van der Waals surface area contributed by atoms with Crippen LogP contribution in [0, 0.1) is 11.8 Å². The Morgan fingerprint density at radius 3 is 2.21 bits per heavy atom. The molecule has 0 radical (unpaired) electrons. The summed E-state index contributed by atoms with van der Waals surface area (Å²) < 4.78 is 0. The lowest BCUT2D eigenvalue weighted by Gasteiger charge is -2.36. The lowest BCUT2D eigenvalue weighted by atomic mass is 9.87. The smallest absolute Gasteiger partial charge is 0.234 e. The number of rotatable bonds is 5. The molecule has 2 amide bonds. The summed E-state index contributed by atoms with van der Waals surface area (Å²) in [5, 5.41) is 3.18. The Hall–Kier alpha value is -1.14. The van der Waals surface area contributed by atoms with E-state index in [4.69, 9.17) is 5.73 Å². The minimum Gasteiger partial charge on any atom is -0.352 e. The predicted molar refractivity (Wildman–Crippen MR) is 95.4 cm³/mol. The van der Waals surface area contributed by atoms with Crippen LogP contribution in [0.25, 0.3) is 0 Å². The Morgan fingerprint density at radius 1 is 1.08 bits per heavy atom. The molecule has 6 nitrogen and oxygen atoms in total. The van der Waals surface area contributed by atoms with Crippen LogP contribution in [-0.2, 0) is 9.59 Å². The number of amides is 2. The summed E-state index contributed by atoms with van der Waals surface area (Å²) in [6.07, 6.45) is 4.63. The van der Waals surface area contributed by atoms with Crippen LogP contribution < -0.4 is 11.1 Å². The molecule has 2 fully saturated rings. The molecule has 0 aromatic rings. The summed E-state index contributed by atoms with van der Waals surface area (Å²) in [5.41, 5.74) is 5.82. The average molecular weight is 338 g/mol. The third-order valence-electron chi connectivity index (χ3n) is 5.61. The van der Waals surface area contributed by atoms with E-state index in [-0.39, 0.29) is 23.8 Å². The maximum Gasteiger partial charge on any atom is 0.234 e. The van der Waals surface area contributed by atoms with Crippen molar-refractivity contribution in [3.05, 3.63) is 0 Å². The van der Waals surface area contributed by atoms with E-state index in [1.54, 1.807) is 0 Å². The highest BCUT2D eigenvalue weighted by molar-refractivity contribution is 5.80. The molecule has 2 unspecified atom stereocenters. The maximum atomic E-state index is 12.3. The van der Waals surface area contributed by atoms with Crippen molar-refractivity contribution in [1.29, 1.82) is 0 Å². The van der Waals surface area contributed by atoms with Gasteiger partial charge >= 0.3 is 0 Å². The fraction of sp³-hybridized carbons (Fsp3) is 0.889. The molecule has 3 N–H and O–H groups in total. The van der Waals surface area contributed by atoms with Crippen LogP contribution in [0.1, 0.15) is 46.5 Å². The van der Waals surface area contributed by atoms with Crippen LogP contribution in [0.5, 0.6) is 0 Å². The van der Waals surface area contributed by atoms with Crippen LogP contribution in [0.2, 0.25) is 0 Å². The average Bonchev–Trinajstić information content (AvgIpc) is 2.56. The first-order chi connectivity index (χ1) is 11.4. The normalized spacial score (nSPS) is 28.2. The van der Waals surface area contributed by atoms with Crippen molar-refractivity contribution in [3.63, 3.8) is 0 Å². The highest BCUT2D eigenvalue weighted by Crippen LogP contribution is 2.23. The predicted octanol–water partition coefficient (Wildman–Crippen LogP) is 0.809. The highest BCUT2D eigenvalue weighted by Gasteiger charge is 2.27. The number of carbonyl (C=O) groups is 2. The Kier molecular flexibility index (Phi) is 7.04. The fourth-order valence-electron chi connectivity index (χ4n) is 3.52. The molecule has 1 saturated carbocycles. The number of nitrogens with zero attached hydrogens (tertiary/aromatic N) is 2. The van der Waals surface area contributed by atoms with Crippen molar-refractivity contribution in [2.75, 3.05) is 32.7 Å². The SMILES string of the molecule is CC1CCC(NC(=O)CN2CCN(C(=O)C(C)C(C)N)CC2)CC1. The van der Waals surface area contributed by atoms with Gasteiger partial charge in [-0.25, -0.2) is 0 Å². The monoisotopic (exact) mass is 338 g/mol. The number of nitrogens with one attached hydrogen (secondary N) is 1. The number of hydrogen-bond acceptors (Lipinski definition) is 4. The maximum absolute atomic E-state index is 12.3. The van der Waals surface area contributed by atoms with Crippen molar-refractivity contribution in [2.24, 2.45) is 17.6 Å². The van der Waals surface area contributed by atoms with E-state index >= 15 is 0 Å². The van der Waals surface area contributed by atoms with Crippen molar-refractivity contribution in [1.82, 2.24) is 15.1 Å². The Bertz CT molecular complexity index is 425. The minimum atomic E-state index is -0.145. The summed E-state index contributed by atoms with van der Waals surface area (Å²) >= 11 is 0. The number of piperazine rings is 1. The van der Waals surface area contributed by atoms with E-state index in [1.165, 1.54) is 12.8 Å². The molecule has 2 rings (SSSR count). The Balaban J connectivity index is 1.69. The van der Waals surface area contributed by atoms with Crippen LogP contribution in [-0.4, -0.2) is 66.4 Å². The van der Waals surface area contributed by atoms with Gasteiger partial charge in [-0.2, -0.15) is 0 Å². The van der Waals surface area contributed by atoms with E-state index in [9.17, 15) is 9.59 Å². The molecule has 24 heavy (non-hydrogen) atoms. The van der Waals surface area contributed by atoms with Gasteiger partial charge in [0.15, 0.2) is 0 Å². The lowest BCUT2D eigenvalue weighted by molar-refractivity contribution is -0.137. The van der Waals surface area contributed by atoms with Gasteiger partial charge in [0, 0.05) is 38.3 Å². The minimum absolute atomic E-state index is 0.123. The van der Waals surface area contributed by atoms with E-state index in [0.29, 0.717) is 25.7 Å². The molecule has 2 atom stereocenters. The standard InChI is InChI=1S/C18H34N4O2/c1-13-4-6-16(7-5-13)20-17(23)12-21-8-10-22(11-9-21)18(24)14(2)15(3)19/h13-16H,4-12,19H2,1-3H3,(H,20,23). The van der Waals surface area contributed by atoms with Crippen molar-refractivity contribution < 1.29 is 9.59 Å². The summed E-state index contributed by atoms with van der Waals surface area (Å²) in [6, 6.07) is 0.225. The number of nitrogens with two attached hydrogens (primary N) is 1. The summed E-state index contributed by atoms with van der Waals surface area (Å²) in [4.78, 5) is 28.5. The molecule has 1 aliphatic heterocycles. The summed E-state index contributed by atoms with van der Waals surface area (Å²) in [5.74, 6) is 0.902. The highest BCUT2D eigenvalue weighted by atomic mass is 16.2. The Labute approximate surface area is 146 Å². The largest absolute Gasteiger partial charge is 0.352 e. The van der Waals surface area contributed by atoms with Gasteiger partial charge in [-0.3, -0.25) is 14.5 Å². The van der Waals surface area contributed by atoms with Crippen molar-refractivity contribution in [2.45, 2.75) is 58.5 Å². The van der Waals surface area contributed by atoms with E-state index in [0.717, 1.165) is 31.8 Å². The van der Waals surface area contributed by atoms with Gasteiger partial charge in [0.25, 0.3) is 0 Å². The van der Waals surface area contributed by atoms with Crippen LogP contribution in [0.3, 0.4) is 0 Å². The first-order valence-corrected chi connectivity index (χ1v) is 9.43. The molecule has 0 aromatic carbocycles. The van der Waals surface area contributed by atoms with Crippen molar-refractivity contribution in [3.8, 4) is 0 Å².